The van der Waals surface area contributed by atoms with Crippen molar-refractivity contribution in [2.45, 2.75) is 26.7 Å². The number of hydrogen-bond donors (Lipinski definition) is 2. The van der Waals surface area contributed by atoms with E-state index in [9.17, 15) is 5.11 Å². The van der Waals surface area contributed by atoms with E-state index in [1.165, 1.54) is 6.07 Å². The number of rotatable bonds is 4. The van der Waals surface area contributed by atoms with Gasteiger partial charge in [-0.15, -0.1) is 0 Å². The van der Waals surface area contributed by atoms with E-state index in [-0.39, 0.29) is 5.75 Å². The first-order valence-electron chi connectivity index (χ1n) is 5.97. The van der Waals surface area contributed by atoms with E-state index in [4.69, 9.17) is 10.3 Å². The maximum atomic E-state index is 9.76. The van der Waals surface area contributed by atoms with Gasteiger partial charge in [-0.2, -0.15) is 4.98 Å². The third-order valence-electron chi connectivity index (χ3n) is 2.67. The number of anilines is 1. The standard InChI is InChI=1S/C13H17N3O2/c1-8(2)3-6-12-15-13(18-16-12)10-5-4-9(14)7-11(10)17/h4-5,7-8,17H,3,6,14H2,1-2H3. The summed E-state index contributed by atoms with van der Waals surface area (Å²) in [4.78, 5) is 4.26. The summed E-state index contributed by atoms with van der Waals surface area (Å²) in [6, 6.07) is 4.82. The predicted molar refractivity (Wildman–Crippen MR) is 69.0 cm³/mol. The molecular formula is C13H17N3O2. The molecule has 0 unspecified atom stereocenters. The number of nitrogen functional groups attached to an aromatic ring is 1. The summed E-state index contributed by atoms with van der Waals surface area (Å²) in [5, 5.41) is 13.7. The zero-order valence-corrected chi connectivity index (χ0v) is 10.6. The molecule has 18 heavy (non-hydrogen) atoms. The van der Waals surface area contributed by atoms with Crippen molar-refractivity contribution in [1.82, 2.24) is 10.1 Å². The number of nitrogens with zero attached hydrogens (tertiary/aromatic N) is 2. The highest BCUT2D eigenvalue weighted by atomic mass is 16.5. The highest BCUT2D eigenvalue weighted by Crippen LogP contribution is 2.29. The first-order valence-corrected chi connectivity index (χ1v) is 5.97. The minimum Gasteiger partial charge on any atom is -0.507 e. The van der Waals surface area contributed by atoms with Crippen LogP contribution in [0.5, 0.6) is 5.75 Å². The molecule has 2 aromatic rings. The summed E-state index contributed by atoms with van der Waals surface area (Å²) in [5.74, 6) is 1.63. The molecule has 0 aliphatic rings. The third-order valence-corrected chi connectivity index (χ3v) is 2.67. The van der Waals surface area contributed by atoms with Gasteiger partial charge in [0.15, 0.2) is 5.82 Å². The average molecular weight is 247 g/mol. The minimum atomic E-state index is 0.0501. The van der Waals surface area contributed by atoms with E-state index in [1.807, 2.05) is 0 Å². The van der Waals surface area contributed by atoms with E-state index in [2.05, 4.69) is 24.0 Å². The van der Waals surface area contributed by atoms with Gasteiger partial charge >= 0.3 is 0 Å². The molecule has 96 valence electrons. The maximum absolute atomic E-state index is 9.76. The zero-order valence-electron chi connectivity index (χ0n) is 10.6. The van der Waals surface area contributed by atoms with Crippen molar-refractivity contribution >= 4 is 5.69 Å². The van der Waals surface area contributed by atoms with Crippen molar-refractivity contribution in [3.05, 3.63) is 24.0 Å². The van der Waals surface area contributed by atoms with Crippen LogP contribution in [0.3, 0.4) is 0 Å². The molecule has 0 bridgehead atoms. The monoisotopic (exact) mass is 247 g/mol. The number of aryl methyl sites for hydroxylation is 1. The molecule has 0 radical (unpaired) electrons. The quantitative estimate of drug-likeness (QED) is 0.811. The summed E-state index contributed by atoms with van der Waals surface area (Å²) in [6.45, 7) is 4.29. The lowest BCUT2D eigenvalue weighted by Crippen LogP contribution is -1.94. The molecule has 2 rings (SSSR count). The molecule has 3 N–H and O–H groups in total. The Kier molecular flexibility index (Phi) is 3.50. The van der Waals surface area contributed by atoms with Crippen molar-refractivity contribution in [1.29, 1.82) is 0 Å². The fraction of sp³-hybridized carbons (Fsp3) is 0.385. The van der Waals surface area contributed by atoms with Crippen molar-refractivity contribution in [3.63, 3.8) is 0 Å². The largest absolute Gasteiger partial charge is 0.507 e. The Morgan fingerprint density at radius 3 is 2.83 bits per heavy atom. The van der Waals surface area contributed by atoms with Crippen LogP contribution in [0.1, 0.15) is 26.1 Å². The van der Waals surface area contributed by atoms with Crippen LogP contribution < -0.4 is 5.73 Å². The Bertz CT molecular complexity index is 535. The van der Waals surface area contributed by atoms with Crippen LogP contribution in [0.2, 0.25) is 0 Å². The molecule has 1 aromatic heterocycles. The average Bonchev–Trinajstić information content (AvgIpc) is 2.75. The maximum Gasteiger partial charge on any atom is 0.261 e. The molecule has 1 aromatic carbocycles. The Hall–Kier alpha value is -2.04. The van der Waals surface area contributed by atoms with E-state index in [0.29, 0.717) is 28.9 Å². The topological polar surface area (TPSA) is 85.2 Å². The number of phenols is 1. The Labute approximate surface area is 106 Å². The zero-order chi connectivity index (χ0) is 13.1. The van der Waals surface area contributed by atoms with Crippen molar-refractivity contribution in [2.75, 3.05) is 5.73 Å². The molecule has 0 amide bonds. The first kappa shape index (κ1) is 12.4. The van der Waals surface area contributed by atoms with E-state index in [1.54, 1.807) is 12.1 Å². The fourth-order valence-corrected chi connectivity index (χ4v) is 1.61. The Morgan fingerprint density at radius 1 is 1.39 bits per heavy atom. The third kappa shape index (κ3) is 2.80. The normalized spacial score (nSPS) is 11.1. The van der Waals surface area contributed by atoms with E-state index in [0.717, 1.165) is 12.8 Å². The van der Waals surface area contributed by atoms with Gasteiger partial charge in [0.2, 0.25) is 0 Å². The van der Waals surface area contributed by atoms with Crippen molar-refractivity contribution < 1.29 is 9.63 Å². The van der Waals surface area contributed by atoms with Gasteiger partial charge < -0.3 is 15.4 Å². The lowest BCUT2D eigenvalue weighted by Gasteiger charge is -2.00. The van der Waals surface area contributed by atoms with Crippen LogP contribution in [0.25, 0.3) is 11.5 Å². The molecule has 0 aliphatic carbocycles. The van der Waals surface area contributed by atoms with Crippen LogP contribution in [0, 0.1) is 5.92 Å². The number of benzene rings is 1. The molecular weight excluding hydrogens is 230 g/mol. The summed E-state index contributed by atoms with van der Waals surface area (Å²) in [7, 11) is 0. The highest BCUT2D eigenvalue weighted by Gasteiger charge is 2.13. The fourth-order valence-electron chi connectivity index (χ4n) is 1.61. The number of aromatic nitrogens is 2. The van der Waals surface area contributed by atoms with E-state index >= 15 is 0 Å². The van der Waals surface area contributed by atoms with Gasteiger partial charge in [0, 0.05) is 18.2 Å². The molecule has 0 spiro atoms. The lowest BCUT2D eigenvalue weighted by atomic mass is 10.1. The van der Waals surface area contributed by atoms with Crippen LogP contribution in [0.15, 0.2) is 22.7 Å². The molecule has 0 atom stereocenters. The minimum absolute atomic E-state index is 0.0501. The number of aromatic hydroxyl groups is 1. The van der Waals surface area contributed by atoms with Crippen LogP contribution in [-0.4, -0.2) is 15.2 Å². The summed E-state index contributed by atoms with van der Waals surface area (Å²) >= 11 is 0. The molecule has 0 saturated carbocycles. The predicted octanol–water partition coefficient (Wildman–Crippen LogP) is 2.61. The van der Waals surface area contributed by atoms with Crippen LogP contribution in [-0.2, 0) is 6.42 Å². The van der Waals surface area contributed by atoms with Gasteiger partial charge in [-0.05, 0) is 24.5 Å². The van der Waals surface area contributed by atoms with Crippen molar-refractivity contribution in [2.24, 2.45) is 5.92 Å². The summed E-state index contributed by atoms with van der Waals surface area (Å²) < 4.78 is 5.14. The second-order valence-electron chi connectivity index (χ2n) is 4.72. The number of hydrogen-bond acceptors (Lipinski definition) is 5. The first-order chi connectivity index (χ1) is 8.56. The van der Waals surface area contributed by atoms with E-state index < -0.39 is 0 Å². The molecule has 5 heteroatoms. The Balaban J connectivity index is 2.18. The smallest absolute Gasteiger partial charge is 0.261 e. The molecule has 1 heterocycles. The highest BCUT2D eigenvalue weighted by molar-refractivity contribution is 5.66. The summed E-state index contributed by atoms with van der Waals surface area (Å²) in [6.07, 6.45) is 1.78. The van der Waals surface area contributed by atoms with Crippen LogP contribution in [0.4, 0.5) is 5.69 Å². The molecule has 0 aliphatic heterocycles. The van der Waals surface area contributed by atoms with Gasteiger partial charge in [-0.1, -0.05) is 19.0 Å². The van der Waals surface area contributed by atoms with Gasteiger partial charge in [0.1, 0.15) is 5.75 Å². The van der Waals surface area contributed by atoms with Gasteiger partial charge in [0.25, 0.3) is 5.89 Å². The summed E-state index contributed by atoms with van der Waals surface area (Å²) in [5.41, 5.74) is 6.57. The second-order valence-corrected chi connectivity index (χ2v) is 4.72. The van der Waals surface area contributed by atoms with Gasteiger partial charge in [0.05, 0.1) is 5.56 Å². The number of nitrogens with two attached hydrogens (primary N) is 1. The van der Waals surface area contributed by atoms with Crippen molar-refractivity contribution in [3.8, 4) is 17.2 Å². The second kappa shape index (κ2) is 5.08. The SMILES string of the molecule is CC(C)CCc1noc(-c2ccc(N)cc2O)n1. The lowest BCUT2D eigenvalue weighted by molar-refractivity contribution is 0.414. The Morgan fingerprint density at radius 2 is 2.17 bits per heavy atom. The molecule has 0 fully saturated rings. The molecule has 5 nitrogen and oxygen atoms in total. The van der Waals surface area contributed by atoms with Gasteiger partial charge in [-0.3, -0.25) is 0 Å². The van der Waals surface area contributed by atoms with Gasteiger partial charge in [-0.25, -0.2) is 0 Å². The number of phenolic OH excluding ortho intramolecular Hbond substituents is 1. The molecule has 0 saturated heterocycles. The van der Waals surface area contributed by atoms with Crippen LogP contribution >= 0.6 is 0 Å².